The second-order valence-corrected chi connectivity index (χ2v) is 4.79. The van der Waals surface area contributed by atoms with Gasteiger partial charge in [-0.1, -0.05) is 20.3 Å². The third kappa shape index (κ3) is 5.35. The van der Waals surface area contributed by atoms with Crippen LogP contribution < -0.4 is 5.32 Å². The molecule has 98 valence electrons. The molecular formula is C14H27N3. The summed E-state index contributed by atoms with van der Waals surface area (Å²) in [6.07, 6.45) is 11.3. The molecule has 1 N–H and O–H groups in total. The zero-order chi connectivity index (χ0) is 12.5. The largest absolute Gasteiger partial charge is 0.338 e. The number of rotatable bonds is 9. The van der Waals surface area contributed by atoms with Gasteiger partial charge >= 0.3 is 0 Å². The van der Waals surface area contributed by atoms with E-state index in [1.54, 1.807) is 0 Å². The van der Waals surface area contributed by atoms with Crippen LogP contribution in [0.2, 0.25) is 0 Å². The van der Waals surface area contributed by atoms with Crippen LogP contribution in [0.5, 0.6) is 0 Å². The topological polar surface area (TPSA) is 29.9 Å². The Morgan fingerprint density at radius 1 is 1.29 bits per heavy atom. The molecule has 0 radical (unpaired) electrons. The summed E-state index contributed by atoms with van der Waals surface area (Å²) in [7, 11) is 2.07. The Balaban J connectivity index is 2.24. The van der Waals surface area contributed by atoms with Crippen molar-refractivity contribution in [1.29, 1.82) is 0 Å². The lowest BCUT2D eigenvalue weighted by Gasteiger charge is -2.17. The number of hydrogen-bond acceptors (Lipinski definition) is 2. The average molecular weight is 237 g/mol. The van der Waals surface area contributed by atoms with Gasteiger partial charge in [-0.2, -0.15) is 0 Å². The normalized spacial score (nSPS) is 12.9. The summed E-state index contributed by atoms with van der Waals surface area (Å²) in [5.41, 5.74) is 0. The van der Waals surface area contributed by atoms with Gasteiger partial charge in [0, 0.05) is 31.9 Å². The zero-order valence-electron chi connectivity index (χ0n) is 11.6. The lowest BCUT2D eigenvalue weighted by atomic mass is 10.0. The smallest absolute Gasteiger partial charge is 0.108 e. The van der Waals surface area contributed by atoms with Crippen LogP contribution >= 0.6 is 0 Å². The van der Waals surface area contributed by atoms with Crippen molar-refractivity contribution in [2.24, 2.45) is 7.05 Å². The second-order valence-electron chi connectivity index (χ2n) is 4.79. The summed E-state index contributed by atoms with van der Waals surface area (Å²) in [4.78, 5) is 4.36. The highest BCUT2D eigenvalue weighted by Gasteiger charge is 2.07. The molecule has 1 aromatic rings. The fourth-order valence-corrected chi connectivity index (χ4v) is 2.19. The van der Waals surface area contributed by atoms with Crippen LogP contribution in [0.1, 0.15) is 51.8 Å². The van der Waals surface area contributed by atoms with Crippen molar-refractivity contribution in [3.8, 4) is 0 Å². The molecule has 0 aliphatic heterocycles. The van der Waals surface area contributed by atoms with Gasteiger partial charge < -0.3 is 9.88 Å². The molecule has 1 rings (SSSR count). The molecule has 1 aromatic heterocycles. The maximum atomic E-state index is 4.36. The Hall–Kier alpha value is -0.830. The molecule has 0 aromatic carbocycles. The van der Waals surface area contributed by atoms with Crippen LogP contribution in [0.3, 0.4) is 0 Å². The second kappa shape index (κ2) is 8.29. The Morgan fingerprint density at radius 2 is 2.12 bits per heavy atom. The third-order valence-corrected chi connectivity index (χ3v) is 3.19. The fourth-order valence-electron chi connectivity index (χ4n) is 2.19. The Bertz CT molecular complexity index is 293. The van der Waals surface area contributed by atoms with Crippen molar-refractivity contribution in [2.75, 3.05) is 6.54 Å². The molecule has 0 fully saturated rings. The van der Waals surface area contributed by atoms with Crippen molar-refractivity contribution in [3.05, 3.63) is 18.2 Å². The SMILES string of the molecule is CCCNC(CCC)CCCc1nccn1C. The predicted molar refractivity (Wildman–Crippen MR) is 73.1 cm³/mol. The summed E-state index contributed by atoms with van der Waals surface area (Å²) >= 11 is 0. The van der Waals surface area contributed by atoms with E-state index in [2.05, 4.69) is 35.8 Å². The predicted octanol–water partition coefficient (Wildman–Crippen LogP) is 2.91. The van der Waals surface area contributed by atoms with Gasteiger partial charge in [-0.15, -0.1) is 0 Å². The molecule has 3 nitrogen and oxygen atoms in total. The van der Waals surface area contributed by atoms with Crippen LogP contribution in [-0.4, -0.2) is 22.1 Å². The fraction of sp³-hybridized carbons (Fsp3) is 0.786. The Kier molecular flexibility index (Phi) is 6.94. The molecular weight excluding hydrogens is 210 g/mol. The molecule has 1 unspecified atom stereocenters. The number of imidazole rings is 1. The Morgan fingerprint density at radius 3 is 2.71 bits per heavy atom. The van der Waals surface area contributed by atoms with Crippen LogP contribution in [0, 0.1) is 0 Å². The van der Waals surface area contributed by atoms with Crippen LogP contribution in [-0.2, 0) is 13.5 Å². The molecule has 17 heavy (non-hydrogen) atoms. The van der Waals surface area contributed by atoms with Gasteiger partial charge in [0.25, 0.3) is 0 Å². The van der Waals surface area contributed by atoms with E-state index in [4.69, 9.17) is 0 Å². The minimum atomic E-state index is 0.695. The minimum absolute atomic E-state index is 0.695. The molecule has 0 aliphatic rings. The van der Waals surface area contributed by atoms with Gasteiger partial charge in [0.1, 0.15) is 5.82 Å². The first-order valence-electron chi connectivity index (χ1n) is 6.97. The highest BCUT2D eigenvalue weighted by atomic mass is 15.0. The van der Waals surface area contributed by atoms with Gasteiger partial charge in [0.2, 0.25) is 0 Å². The molecule has 0 saturated carbocycles. The number of aromatic nitrogens is 2. The van der Waals surface area contributed by atoms with Crippen LogP contribution in [0.4, 0.5) is 0 Å². The van der Waals surface area contributed by atoms with Crippen LogP contribution in [0.15, 0.2) is 12.4 Å². The number of nitrogens with zero attached hydrogens (tertiary/aromatic N) is 2. The van der Waals surface area contributed by atoms with E-state index in [1.807, 2.05) is 12.4 Å². The first-order valence-corrected chi connectivity index (χ1v) is 6.97. The number of hydrogen-bond donors (Lipinski definition) is 1. The van der Waals surface area contributed by atoms with Crippen molar-refractivity contribution in [1.82, 2.24) is 14.9 Å². The van der Waals surface area contributed by atoms with Gasteiger partial charge in [0.05, 0.1) is 0 Å². The van der Waals surface area contributed by atoms with E-state index in [0.29, 0.717) is 6.04 Å². The lowest BCUT2D eigenvalue weighted by Crippen LogP contribution is -2.29. The maximum absolute atomic E-state index is 4.36. The summed E-state index contributed by atoms with van der Waals surface area (Å²) in [6.45, 7) is 5.64. The van der Waals surface area contributed by atoms with E-state index in [-0.39, 0.29) is 0 Å². The highest BCUT2D eigenvalue weighted by molar-refractivity contribution is 4.91. The summed E-state index contributed by atoms with van der Waals surface area (Å²) in [6, 6.07) is 0.695. The van der Waals surface area contributed by atoms with Crippen molar-refractivity contribution in [2.45, 2.75) is 58.4 Å². The van der Waals surface area contributed by atoms with Crippen molar-refractivity contribution >= 4 is 0 Å². The molecule has 1 heterocycles. The highest BCUT2D eigenvalue weighted by Crippen LogP contribution is 2.08. The number of aryl methyl sites for hydroxylation is 2. The minimum Gasteiger partial charge on any atom is -0.338 e. The molecule has 0 bridgehead atoms. The molecule has 1 atom stereocenters. The van der Waals surface area contributed by atoms with Crippen LogP contribution in [0.25, 0.3) is 0 Å². The Labute approximate surface area is 106 Å². The van der Waals surface area contributed by atoms with E-state index >= 15 is 0 Å². The zero-order valence-corrected chi connectivity index (χ0v) is 11.6. The molecule has 3 heteroatoms. The average Bonchev–Trinajstić information content (AvgIpc) is 2.72. The number of nitrogens with one attached hydrogen (secondary N) is 1. The van der Waals surface area contributed by atoms with E-state index in [1.165, 1.54) is 37.9 Å². The first kappa shape index (κ1) is 14.2. The lowest BCUT2D eigenvalue weighted by molar-refractivity contribution is 0.435. The summed E-state index contributed by atoms with van der Waals surface area (Å²) in [5, 5.41) is 3.64. The molecule has 0 saturated heterocycles. The quantitative estimate of drug-likeness (QED) is 0.715. The third-order valence-electron chi connectivity index (χ3n) is 3.19. The van der Waals surface area contributed by atoms with E-state index in [0.717, 1.165) is 13.0 Å². The van der Waals surface area contributed by atoms with E-state index in [9.17, 15) is 0 Å². The van der Waals surface area contributed by atoms with Gasteiger partial charge in [-0.3, -0.25) is 0 Å². The summed E-state index contributed by atoms with van der Waals surface area (Å²) in [5.74, 6) is 1.20. The summed E-state index contributed by atoms with van der Waals surface area (Å²) < 4.78 is 2.12. The van der Waals surface area contributed by atoms with Crippen molar-refractivity contribution in [3.63, 3.8) is 0 Å². The van der Waals surface area contributed by atoms with Crippen molar-refractivity contribution < 1.29 is 0 Å². The van der Waals surface area contributed by atoms with Gasteiger partial charge in [-0.05, 0) is 32.2 Å². The molecule has 0 spiro atoms. The molecule has 0 amide bonds. The standard InChI is InChI=1S/C14H27N3/c1-4-7-13(15-10-5-2)8-6-9-14-16-11-12-17(14)3/h11-13,15H,4-10H2,1-3H3. The van der Waals surface area contributed by atoms with E-state index < -0.39 is 0 Å². The monoisotopic (exact) mass is 237 g/mol. The van der Waals surface area contributed by atoms with Gasteiger partial charge in [-0.25, -0.2) is 4.98 Å². The molecule has 0 aliphatic carbocycles. The maximum Gasteiger partial charge on any atom is 0.108 e. The first-order chi connectivity index (χ1) is 8.27. The van der Waals surface area contributed by atoms with Gasteiger partial charge in [0.15, 0.2) is 0 Å².